The van der Waals surface area contributed by atoms with Crippen molar-refractivity contribution in [2.24, 2.45) is 0 Å². The largest absolute Gasteiger partial charge is 0.351 e. The Balaban J connectivity index is 2.51. The van der Waals surface area contributed by atoms with Crippen LogP contribution in [0, 0.1) is 11.3 Å². The number of benzene rings is 1. The van der Waals surface area contributed by atoms with Gasteiger partial charge in [-0.05, 0) is 40.5 Å². The van der Waals surface area contributed by atoms with E-state index in [1.807, 2.05) is 31.2 Å². The average molecular weight is 332 g/mol. The molecular formula is C15H14BrN3O. The summed E-state index contributed by atoms with van der Waals surface area (Å²) in [5, 5.41) is 12.0. The maximum absolute atomic E-state index is 12.3. The van der Waals surface area contributed by atoms with Gasteiger partial charge in [0.15, 0.2) is 0 Å². The van der Waals surface area contributed by atoms with Crippen LogP contribution in [0.15, 0.2) is 41.0 Å². The Morgan fingerprint density at radius 1 is 1.40 bits per heavy atom. The molecule has 0 aliphatic carbocycles. The van der Waals surface area contributed by atoms with Crippen molar-refractivity contribution >= 4 is 21.8 Å². The second kappa shape index (κ2) is 6.40. The maximum Gasteiger partial charge on any atom is 0.269 e. The van der Waals surface area contributed by atoms with E-state index in [1.54, 1.807) is 16.8 Å². The highest BCUT2D eigenvalue weighted by molar-refractivity contribution is 9.10. The Hall–Kier alpha value is -2.06. The highest BCUT2D eigenvalue weighted by Crippen LogP contribution is 2.24. The van der Waals surface area contributed by atoms with Gasteiger partial charge in [0.2, 0.25) is 0 Å². The van der Waals surface area contributed by atoms with E-state index in [0.717, 1.165) is 16.6 Å². The quantitative estimate of drug-likeness (QED) is 0.934. The molecule has 0 spiro atoms. The van der Waals surface area contributed by atoms with Gasteiger partial charge in [-0.2, -0.15) is 5.26 Å². The zero-order valence-corrected chi connectivity index (χ0v) is 12.6. The molecule has 0 radical (unpaired) electrons. The van der Waals surface area contributed by atoms with Crippen LogP contribution in [0.5, 0.6) is 0 Å². The molecule has 1 heterocycles. The van der Waals surface area contributed by atoms with Crippen molar-refractivity contribution in [3.05, 3.63) is 52.3 Å². The van der Waals surface area contributed by atoms with Crippen LogP contribution in [-0.4, -0.2) is 17.0 Å². The van der Waals surface area contributed by atoms with Gasteiger partial charge in [0.25, 0.3) is 5.91 Å². The predicted octanol–water partition coefficient (Wildman–Crippen LogP) is 3.25. The maximum atomic E-state index is 12.3. The summed E-state index contributed by atoms with van der Waals surface area (Å²) < 4.78 is 2.60. The molecule has 1 aromatic carbocycles. The number of halogens is 1. The number of amides is 1. The van der Waals surface area contributed by atoms with E-state index in [0.29, 0.717) is 17.8 Å². The fraction of sp³-hybridized carbons (Fsp3) is 0.200. The number of para-hydroxylation sites is 1. The first-order valence-corrected chi connectivity index (χ1v) is 7.13. The summed E-state index contributed by atoms with van der Waals surface area (Å²) in [4.78, 5) is 12.3. The van der Waals surface area contributed by atoms with Crippen LogP contribution in [-0.2, 0) is 0 Å². The molecule has 0 saturated carbocycles. The number of nitriles is 1. The van der Waals surface area contributed by atoms with Crippen molar-refractivity contribution in [3.63, 3.8) is 0 Å². The molecule has 0 bridgehead atoms. The molecule has 1 N–H and O–H groups in total. The Bertz CT molecular complexity index is 670. The normalized spacial score (nSPS) is 10.1. The van der Waals surface area contributed by atoms with Crippen LogP contribution in [0.1, 0.15) is 29.4 Å². The zero-order chi connectivity index (χ0) is 14.5. The van der Waals surface area contributed by atoms with Crippen LogP contribution >= 0.6 is 15.9 Å². The van der Waals surface area contributed by atoms with Crippen molar-refractivity contribution in [2.75, 3.05) is 6.54 Å². The first kappa shape index (κ1) is 14.4. The molecular weight excluding hydrogens is 318 g/mol. The molecule has 102 valence electrons. The Morgan fingerprint density at radius 3 is 2.80 bits per heavy atom. The Kier molecular flexibility index (Phi) is 4.59. The number of rotatable bonds is 4. The van der Waals surface area contributed by atoms with Gasteiger partial charge in [-0.3, -0.25) is 4.79 Å². The number of aromatic nitrogens is 1. The minimum absolute atomic E-state index is 0.232. The molecule has 20 heavy (non-hydrogen) atoms. The number of carbonyl (C=O) groups excluding carboxylic acids is 1. The van der Waals surface area contributed by atoms with E-state index in [-0.39, 0.29) is 5.91 Å². The van der Waals surface area contributed by atoms with E-state index in [4.69, 9.17) is 5.26 Å². The lowest BCUT2D eigenvalue weighted by Crippen LogP contribution is -2.27. The summed E-state index contributed by atoms with van der Waals surface area (Å²) in [6, 6.07) is 11.3. The minimum Gasteiger partial charge on any atom is -0.351 e. The second-order valence-electron chi connectivity index (χ2n) is 4.27. The molecule has 2 rings (SSSR count). The average Bonchev–Trinajstić information content (AvgIpc) is 2.89. The van der Waals surface area contributed by atoms with Crippen LogP contribution in [0.25, 0.3) is 5.69 Å². The van der Waals surface area contributed by atoms with Gasteiger partial charge in [0, 0.05) is 17.2 Å². The minimum atomic E-state index is -0.232. The third kappa shape index (κ3) is 2.75. The number of hydrogen-bond acceptors (Lipinski definition) is 2. The van der Waals surface area contributed by atoms with E-state index in [2.05, 4.69) is 27.3 Å². The highest BCUT2D eigenvalue weighted by Gasteiger charge is 2.18. The van der Waals surface area contributed by atoms with Gasteiger partial charge >= 0.3 is 0 Å². The third-order valence-electron chi connectivity index (χ3n) is 2.87. The molecule has 0 fully saturated rings. The molecule has 4 nitrogen and oxygen atoms in total. The topological polar surface area (TPSA) is 57.8 Å². The monoisotopic (exact) mass is 331 g/mol. The molecule has 0 unspecified atom stereocenters. The Labute approximate surface area is 126 Å². The van der Waals surface area contributed by atoms with Crippen molar-refractivity contribution in [1.29, 1.82) is 5.26 Å². The fourth-order valence-corrected chi connectivity index (χ4v) is 2.40. The zero-order valence-electron chi connectivity index (χ0n) is 11.1. The molecule has 0 aliphatic rings. The van der Waals surface area contributed by atoms with Crippen molar-refractivity contribution in [1.82, 2.24) is 9.88 Å². The molecule has 1 amide bonds. The van der Waals surface area contributed by atoms with Gasteiger partial charge < -0.3 is 9.88 Å². The first-order chi connectivity index (χ1) is 9.69. The van der Waals surface area contributed by atoms with E-state index >= 15 is 0 Å². The highest BCUT2D eigenvalue weighted by atomic mass is 79.9. The predicted molar refractivity (Wildman–Crippen MR) is 80.8 cm³/mol. The lowest BCUT2D eigenvalue weighted by atomic mass is 10.2. The van der Waals surface area contributed by atoms with E-state index in [1.165, 1.54) is 0 Å². The van der Waals surface area contributed by atoms with E-state index in [9.17, 15) is 4.79 Å². The van der Waals surface area contributed by atoms with Gasteiger partial charge in [-0.25, -0.2) is 0 Å². The third-order valence-corrected chi connectivity index (χ3v) is 3.54. The standard InChI is InChI=1S/C15H14BrN3O/c1-2-8-18-15(20)14-11(10-17)7-9-19(14)13-6-4-3-5-12(13)16/h3-7,9H,2,8H2,1H3,(H,18,20). The molecule has 0 atom stereocenters. The number of hydrogen-bond donors (Lipinski definition) is 1. The SMILES string of the molecule is CCCNC(=O)c1c(C#N)ccn1-c1ccccc1Br. The molecule has 1 aromatic heterocycles. The molecule has 2 aromatic rings. The van der Waals surface area contributed by atoms with Gasteiger partial charge in [-0.1, -0.05) is 19.1 Å². The second-order valence-corrected chi connectivity index (χ2v) is 5.12. The van der Waals surface area contributed by atoms with Crippen molar-refractivity contribution in [2.45, 2.75) is 13.3 Å². The number of nitrogens with zero attached hydrogens (tertiary/aromatic N) is 2. The number of carbonyl (C=O) groups is 1. The van der Waals surface area contributed by atoms with Crippen LogP contribution < -0.4 is 5.32 Å². The van der Waals surface area contributed by atoms with Crippen molar-refractivity contribution in [3.8, 4) is 11.8 Å². The van der Waals surface area contributed by atoms with Crippen LogP contribution in [0.3, 0.4) is 0 Å². The molecule has 0 saturated heterocycles. The summed E-state index contributed by atoms with van der Waals surface area (Å²) in [7, 11) is 0. The lowest BCUT2D eigenvalue weighted by Gasteiger charge is -2.11. The van der Waals surface area contributed by atoms with Gasteiger partial charge in [0.1, 0.15) is 11.8 Å². The summed E-state index contributed by atoms with van der Waals surface area (Å²) in [6.45, 7) is 2.57. The van der Waals surface area contributed by atoms with Gasteiger partial charge in [0.05, 0.1) is 11.3 Å². The molecule has 5 heteroatoms. The summed E-state index contributed by atoms with van der Waals surface area (Å²) in [5.74, 6) is -0.232. The smallest absolute Gasteiger partial charge is 0.269 e. The van der Waals surface area contributed by atoms with Gasteiger partial charge in [-0.15, -0.1) is 0 Å². The lowest BCUT2D eigenvalue weighted by molar-refractivity contribution is 0.0946. The van der Waals surface area contributed by atoms with Crippen LogP contribution in [0.2, 0.25) is 0 Å². The summed E-state index contributed by atoms with van der Waals surface area (Å²) in [6.07, 6.45) is 2.59. The van der Waals surface area contributed by atoms with Crippen molar-refractivity contribution < 1.29 is 4.79 Å². The summed E-state index contributed by atoms with van der Waals surface area (Å²) in [5.41, 5.74) is 1.57. The Morgan fingerprint density at radius 2 is 2.15 bits per heavy atom. The number of nitrogens with one attached hydrogen (secondary N) is 1. The fourth-order valence-electron chi connectivity index (χ4n) is 1.92. The molecule has 0 aliphatic heterocycles. The van der Waals surface area contributed by atoms with Crippen LogP contribution in [0.4, 0.5) is 0 Å². The summed E-state index contributed by atoms with van der Waals surface area (Å²) >= 11 is 3.46. The first-order valence-electron chi connectivity index (χ1n) is 6.33. The van der Waals surface area contributed by atoms with E-state index < -0.39 is 0 Å².